The zero-order chi connectivity index (χ0) is 16.9. The van der Waals surface area contributed by atoms with Gasteiger partial charge in [-0.2, -0.15) is 0 Å². The van der Waals surface area contributed by atoms with Crippen molar-refractivity contribution < 1.29 is 5.11 Å². The molecule has 0 aliphatic heterocycles. The van der Waals surface area contributed by atoms with Crippen LogP contribution in [0.5, 0.6) is 0 Å². The van der Waals surface area contributed by atoms with Crippen LogP contribution in [0.25, 0.3) is 17.3 Å². The van der Waals surface area contributed by atoms with Crippen LogP contribution in [-0.4, -0.2) is 26.2 Å². The standard InChI is InChI=1S/C20H21N3O/c1-15(2)11-18-20(16-7-4-3-5-8-16)22-14-23(18)19(13-24)17-9-6-10-21-12-17/h3-12,14,19,24H,13H2,1-2H3/t19-/m1/s1. The fourth-order valence-corrected chi connectivity index (χ4v) is 2.78. The van der Waals surface area contributed by atoms with Crippen LogP contribution in [0.3, 0.4) is 0 Å². The Balaban J connectivity index is 2.14. The van der Waals surface area contributed by atoms with Crippen molar-refractivity contribution in [3.05, 3.63) is 78.0 Å². The van der Waals surface area contributed by atoms with E-state index in [9.17, 15) is 5.11 Å². The first-order valence-electron chi connectivity index (χ1n) is 7.98. The smallest absolute Gasteiger partial charge is 0.0965 e. The molecule has 122 valence electrons. The minimum Gasteiger partial charge on any atom is -0.394 e. The Hall–Kier alpha value is -2.72. The quantitative estimate of drug-likeness (QED) is 0.774. The minimum absolute atomic E-state index is 0.0140. The molecule has 0 spiro atoms. The Kier molecular flexibility index (Phi) is 4.87. The van der Waals surface area contributed by atoms with Crippen LogP contribution in [0.2, 0.25) is 0 Å². The molecule has 3 aromatic rings. The average Bonchev–Trinajstić information content (AvgIpc) is 3.00. The second-order valence-electron chi connectivity index (χ2n) is 5.96. The van der Waals surface area contributed by atoms with Gasteiger partial charge >= 0.3 is 0 Å². The van der Waals surface area contributed by atoms with E-state index >= 15 is 0 Å². The van der Waals surface area contributed by atoms with E-state index in [0.29, 0.717) is 0 Å². The molecule has 0 amide bonds. The summed E-state index contributed by atoms with van der Waals surface area (Å²) in [5.74, 6) is 0. The summed E-state index contributed by atoms with van der Waals surface area (Å²) in [6.07, 6.45) is 7.42. The van der Waals surface area contributed by atoms with Crippen molar-refractivity contribution in [2.75, 3.05) is 6.61 Å². The Morgan fingerprint density at radius 3 is 2.58 bits per heavy atom. The highest BCUT2D eigenvalue weighted by molar-refractivity contribution is 5.71. The maximum absolute atomic E-state index is 9.97. The lowest BCUT2D eigenvalue weighted by atomic mass is 10.1. The van der Waals surface area contributed by atoms with E-state index in [1.807, 2.05) is 47.0 Å². The van der Waals surface area contributed by atoms with Crippen molar-refractivity contribution in [2.24, 2.45) is 0 Å². The number of imidazole rings is 1. The molecule has 0 saturated heterocycles. The van der Waals surface area contributed by atoms with Crippen LogP contribution in [0, 0.1) is 0 Å². The van der Waals surface area contributed by atoms with Crippen molar-refractivity contribution in [1.29, 1.82) is 0 Å². The summed E-state index contributed by atoms with van der Waals surface area (Å²) in [5.41, 5.74) is 5.10. The van der Waals surface area contributed by atoms with Gasteiger partial charge < -0.3 is 9.67 Å². The molecule has 4 nitrogen and oxygen atoms in total. The predicted octanol–water partition coefficient (Wildman–Crippen LogP) is 3.95. The van der Waals surface area contributed by atoms with Gasteiger partial charge in [0.2, 0.25) is 0 Å². The van der Waals surface area contributed by atoms with Crippen LogP contribution >= 0.6 is 0 Å². The third kappa shape index (κ3) is 3.29. The van der Waals surface area contributed by atoms with E-state index in [2.05, 4.69) is 29.9 Å². The molecule has 4 heteroatoms. The second-order valence-corrected chi connectivity index (χ2v) is 5.96. The van der Waals surface area contributed by atoms with Gasteiger partial charge in [-0.15, -0.1) is 0 Å². The zero-order valence-electron chi connectivity index (χ0n) is 13.9. The predicted molar refractivity (Wildman–Crippen MR) is 96.4 cm³/mol. The van der Waals surface area contributed by atoms with Gasteiger partial charge in [0.15, 0.2) is 0 Å². The van der Waals surface area contributed by atoms with E-state index in [4.69, 9.17) is 0 Å². The van der Waals surface area contributed by atoms with Crippen molar-refractivity contribution >= 4 is 6.08 Å². The second kappa shape index (κ2) is 7.23. The molecule has 0 unspecified atom stereocenters. The van der Waals surface area contributed by atoms with Crippen molar-refractivity contribution in [3.8, 4) is 11.3 Å². The molecule has 2 heterocycles. The molecular weight excluding hydrogens is 298 g/mol. The molecule has 0 aliphatic rings. The first-order valence-corrected chi connectivity index (χ1v) is 7.98. The van der Waals surface area contributed by atoms with E-state index < -0.39 is 0 Å². The van der Waals surface area contributed by atoms with Crippen LogP contribution in [-0.2, 0) is 0 Å². The minimum atomic E-state index is -0.214. The first-order chi connectivity index (χ1) is 11.7. The molecule has 3 rings (SSSR count). The number of pyridine rings is 1. The van der Waals surface area contributed by atoms with Crippen LogP contribution in [0.15, 0.2) is 66.8 Å². The third-order valence-electron chi connectivity index (χ3n) is 3.88. The topological polar surface area (TPSA) is 50.9 Å². The lowest BCUT2D eigenvalue weighted by molar-refractivity contribution is 0.248. The van der Waals surface area contributed by atoms with Crippen molar-refractivity contribution in [3.63, 3.8) is 0 Å². The van der Waals surface area contributed by atoms with E-state index in [0.717, 1.165) is 22.5 Å². The summed E-state index contributed by atoms with van der Waals surface area (Å²) in [6, 6.07) is 13.7. The van der Waals surface area contributed by atoms with Gasteiger partial charge in [0.05, 0.1) is 30.4 Å². The lowest BCUT2D eigenvalue weighted by Gasteiger charge is -2.18. The largest absolute Gasteiger partial charge is 0.394 e. The molecule has 0 aliphatic carbocycles. The number of hydrogen-bond acceptors (Lipinski definition) is 3. The van der Waals surface area contributed by atoms with E-state index in [-0.39, 0.29) is 12.6 Å². The summed E-state index contributed by atoms with van der Waals surface area (Å²) in [6.45, 7) is 4.11. The lowest BCUT2D eigenvalue weighted by Crippen LogP contribution is -2.15. The molecule has 0 bridgehead atoms. The number of nitrogens with zero attached hydrogens (tertiary/aromatic N) is 3. The monoisotopic (exact) mass is 319 g/mol. The van der Waals surface area contributed by atoms with Crippen LogP contribution < -0.4 is 0 Å². The van der Waals surface area contributed by atoms with Gasteiger partial charge in [-0.3, -0.25) is 4.98 Å². The fourth-order valence-electron chi connectivity index (χ4n) is 2.78. The number of benzene rings is 1. The third-order valence-corrected chi connectivity index (χ3v) is 3.88. The first kappa shape index (κ1) is 16.1. The summed E-state index contributed by atoms with van der Waals surface area (Å²) in [4.78, 5) is 8.80. The maximum atomic E-state index is 9.97. The van der Waals surface area contributed by atoms with Gasteiger partial charge in [-0.05, 0) is 31.6 Å². The molecule has 1 N–H and O–H groups in total. The Morgan fingerprint density at radius 2 is 1.96 bits per heavy atom. The van der Waals surface area contributed by atoms with Crippen LogP contribution in [0.1, 0.15) is 31.1 Å². The van der Waals surface area contributed by atoms with E-state index in [1.54, 1.807) is 18.7 Å². The number of hydrogen-bond donors (Lipinski definition) is 1. The highest BCUT2D eigenvalue weighted by Gasteiger charge is 2.19. The molecule has 1 atom stereocenters. The number of aliphatic hydroxyl groups excluding tert-OH is 1. The Morgan fingerprint density at radius 1 is 1.17 bits per heavy atom. The maximum Gasteiger partial charge on any atom is 0.0965 e. The van der Waals surface area contributed by atoms with Gasteiger partial charge in [0, 0.05) is 18.0 Å². The van der Waals surface area contributed by atoms with Gasteiger partial charge in [0.1, 0.15) is 0 Å². The van der Waals surface area contributed by atoms with Gasteiger partial charge in [-0.1, -0.05) is 42.0 Å². The number of rotatable bonds is 5. The summed E-state index contributed by atoms with van der Waals surface area (Å²) >= 11 is 0. The summed E-state index contributed by atoms with van der Waals surface area (Å²) in [7, 11) is 0. The highest BCUT2D eigenvalue weighted by Crippen LogP contribution is 2.28. The van der Waals surface area contributed by atoms with Crippen molar-refractivity contribution in [1.82, 2.24) is 14.5 Å². The molecule has 0 fully saturated rings. The summed E-state index contributed by atoms with van der Waals surface area (Å²) in [5, 5.41) is 9.97. The van der Waals surface area contributed by atoms with Gasteiger partial charge in [-0.25, -0.2) is 4.98 Å². The Bertz CT molecular complexity index is 819. The van der Waals surface area contributed by atoms with E-state index in [1.165, 1.54) is 5.57 Å². The Labute approximate surface area is 142 Å². The average molecular weight is 319 g/mol. The molecule has 1 aromatic carbocycles. The highest BCUT2D eigenvalue weighted by atomic mass is 16.3. The number of aliphatic hydroxyl groups is 1. The molecular formula is C20H21N3O. The van der Waals surface area contributed by atoms with Crippen molar-refractivity contribution in [2.45, 2.75) is 19.9 Å². The number of allylic oxidation sites excluding steroid dienone is 1. The normalized spacial score (nSPS) is 12.0. The fraction of sp³-hybridized carbons (Fsp3) is 0.200. The molecule has 24 heavy (non-hydrogen) atoms. The zero-order valence-corrected chi connectivity index (χ0v) is 13.9. The SMILES string of the molecule is CC(C)=Cc1c(-c2ccccc2)ncn1[C@H](CO)c1cccnc1. The number of aromatic nitrogens is 3. The van der Waals surface area contributed by atoms with Crippen LogP contribution in [0.4, 0.5) is 0 Å². The molecule has 0 radical (unpaired) electrons. The molecule has 2 aromatic heterocycles. The molecule has 0 saturated carbocycles. The summed E-state index contributed by atoms with van der Waals surface area (Å²) < 4.78 is 2.02. The van der Waals surface area contributed by atoms with Gasteiger partial charge in [0.25, 0.3) is 0 Å².